The summed E-state index contributed by atoms with van der Waals surface area (Å²) in [6.07, 6.45) is 0.159. The van der Waals surface area contributed by atoms with Crippen LogP contribution in [0.2, 0.25) is 0 Å². The van der Waals surface area contributed by atoms with Crippen molar-refractivity contribution in [2.75, 3.05) is 13.7 Å². The molecule has 3 heteroatoms. The first-order valence-electron chi connectivity index (χ1n) is 5.37. The highest BCUT2D eigenvalue weighted by Crippen LogP contribution is 2.42. The number of fused-ring (bicyclic) bond motifs is 1. The fourth-order valence-corrected chi connectivity index (χ4v) is 2.07. The van der Waals surface area contributed by atoms with E-state index in [4.69, 9.17) is 9.47 Å². The Kier molecular flexibility index (Phi) is 2.82. The van der Waals surface area contributed by atoms with Gasteiger partial charge < -0.3 is 14.8 Å². The van der Waals surface area contributed by atoms with Crippen LogP contribution < -0.4 is 14.8 Å². The van der Waals surface area contributed by atoms with Crippen molar-refractivity contribution in [1.29, 1.82) is 0 Å². The molecular formula is C12H17NO2. The van der Waals surface area contributed by atoms with Crippen LogP contribution in [0.15, 0.2) is 18.2 Å². The minimum absolute atomic E-state index is 0.159. The molecule has 82 valence electrons. The van der Waals surface area contributed by atoms with Crippen molar-refractivity contribution in [2.45, 2.75) is 26.0 Å². The fourth-order valence-electron chi connectivity index (χ4n) is 2.07. The normalized spacial score (nSPS) is 23.4. The van der Waals surface area contributed by atoms with Gasteiger partial charge in [-0.1, -0.05) is 12.1 Å². The lowest BCUT2D eigenvalue weighted by molar-refractivity contribution is 0.204. The average Bonchev–Trinajstić information content (AvgIpc) is 2.55. The predicted molar refractivity (Wildman–Crippen MR) is 59.5 cm³/mol. The molecule has 1 aliphatic rings. The third-order valence-electron chi connectivity index (χ3n) is 2.73. The highest BCUT2D eigenvalue weighted by molar-refractivity contribution is 5.51. The molecule has 0 aromatic heterocycles. The van der Waals surface area contributed by atoms with Crippen LogP contribution in [-0.2, 0) is 0 Å². The molecule has 0 saturated carbocycles. The maximum absolute atomic E-state index is 5.81. The Labute approximate surface area is 90.4 Å². The minimum atomic E-state index is 0.159. The number of ether oxygens (including phenoxy) is 2. The summed E-state index contributed by atoms with van der Waals surface area (Å²) in [6, 6.07) is 6.31. The molecule has 0 bridgehead atoms. The zero-order chi connectivity index (χ0) is 10.8. The van der Waals surface area contributed by atoms with Crippen molar-refractivity contribution in [3.8, 4) is 11.5 Å². The fraction of sp³-hybridized carbons (Fsp3) is 0.500. The number of para-hydroxylation sites is 1. The SMILES string of the molecule is CCOc1cccc2c1OC(C)C2NC. The lowest BCUT2D eigenvalue weighted by Gasteiger charge is -2.12. The molecule has 3 nitrogen and oxygen atoms in total. The van der Waals surface area contributed by atoms with Crippen LogP contribution in [0.4, 0.5) is 0 Å². The lowest BCUT2D eigenvalue weighted by atomic mass is 10.0. The maximum atomic E-state index is 5.81. The van der Waals surface area contributed by atoms with Crippen molar-refractivity contribution >= 4 is 0 Å². The summed E-state index contributed by atoms with van der Waals surface area (Å²) in [6.45, 7) is 4.71. The molecule has 2 unspecified atom stereocenters. The van der Waals surface area contributed by atoms with Gasteiger partial charge in [0, 0.05) is 5.56 Å². The van der Waals surface area contributed by atoms with Crippen molar-refractivity contribution in [3.63, 3.8) is 0 Å². The molecular weight excluding hydrogens is 190 g/mol. The second kappa shape index (κ2) is 4.11. The van der Waals surface area contributed by atoms with E-state index in [0.29, 0.717) is 6.61 Å². The molecule has 15 heavy (non-hydrogen) atoms. The first-order valence-corrected chi connectivity index (χ1v) is 5.37. The van der Waals surface area contributed by atoms with Gasteiger partial charge in [-0.3, -0.25) is 0 Å². The molecule has 0 aliphatic carbocycles. The van der Waals surface area contributed by atoms with Crippen LogP contribution in [0.25, 0.3) is 0 Å². The molecule has 1 aromatic rings. The minimum Gasteiger partial charge on any atom is -0.490 e. The number of rotatable bonds is 3. The molecule has 0 radical (unpaired) electrons. The molecule has 0 spiro atoms. The summed E-state index contributed by atoms with van der Waals surface area (Å²) in [5.41, 5.74) is 1.19. The number of hydrogen-bond donors (Lipinski definition) is 1. The van der Waals surface area contributed by atoms with Crippen LogP contribution in [0.5, 0.6) is 11.5 Å². The van der Waals surface area contributed by atoms with E-state index in [1.54, 1.807) is 0 Å². The maximum Gasteiger partial charge on any atom is 0.166 e. The Balaban J connectivity index is 2.38. The van der Waals surface area contributed by atoms with E-state index >= 15 is 0 Å². The third kappa shape index (κ3) is 1.67. The van der Waals surface area contributed by atoms with Crippen molar-refractivity contribution in [3.05, 3.63) is 23.8 Å². The molecule has 0 amide bonds. The van der Waals surface area contributed by atoms with E-state index in [0.717, 1.165) is 11.5 Å². The zero-order valence-corrected chi connectivity index (χ0v) is 9.41. The highest BCUT2D eigenvalue weighted by Gasteiger charge is 2.32. The zero-order valence-electron chi connectivity index (χ0n) is 9.41. The standard InChI is InChI=1S/C12H17NO2/c1-4-14-10-7-5-6-9-11(13-3)8(2)15-12(9)10/h5-8,11,13H,4H2,1-3H3. The predicted octanol–water partition coefficient (Wildman–Crippen LogP) is 2.13. The van der Waals surface area contributed by atoms with Crippen molar-refractivity contribution in [2.24, 2.45) is 0 Å². The Hall–Kier alpha value is -1.22. The van der Waals surface area contributed by atoms with Gasteiger partial charge in [0.2, 0.25) is 0 Å². The second-order valence-electron chi connectivity index (χ2n) is 3.70. The number of likely N-dealkylation sites (N-methyl/N-ethyl adjacent to an activating group) is 1. The Morgan fingerprint density at radius 3 is 2.93 bits per heavy atom. The monoisotopic (exact) mass is 207 g/mol. The number of hydrogen-bond acceptors (Lipinski definition) is 3. The van der Waals surface area contributed by atoms with Crippen LogP contribution in [0.1, 0.15) is 25.5 Å². The largest absolute Gasteiger partial charge is 0.490 e. The number of benzene rings is 1. The first-order chi connectivity index (χ1) is 7.27. The third-order valence-corrected chi connectivity index (χ3v) is 2.73. The van der Waals surface area contributed by atoms with Gasteiger partial charge in [0.1, 0.15) is 6.10 Å². The summed E-state index contributed by atoms with van der Waals surface area (Å²) in [5, 5.41) is 3.26. The second-order valence-corrected chi connectivity index (χ2v) is 3.70. The Morgan fingerprint density at radius 2 is 2.27 bits per heavy atom. The van der Waals surface area contributed by atoms with Crippen LogP contribution >= 0.6 is 0 Å². The quantitative estimate of drug-likeness (QED) is 0.823. The van der Waals surface area contributed by atoms with Gasteiger partial charge in [-0.15, -0.1) is 0 Å². The van der Waals surface area contributed by atoms with E-state index in [9.17, 15) is 0 Å². The molecule has 2 atom stereocenters. The van der Waals surface area contributed by atoms with Crippen LogP contribution in [0, 0.1) is 0 Å². The summed E-state index contributed by atoms with van der Waals surface area (Å²) in [4.78, 5) is 0. The van der Waals surface area contributed by atoms with Gasteiger partial charge in [-0.25, -0.2) is 0 Å². The Bertz CT molecular complexity index is 351. The first kappa shape index (κ1) is 10.3. The van der Waals surface area contributed by atoms with E-state index in [1.807, 2.05) is 26.1 Å². The van der Waals surface area contributed by atoms with Gasteiger partial charge in [0.15, 0.2) is 11.5 Å². The summed E-state index contributed by atoms with van der Waals surface area (Å²) in [7, 11) is 1.95. The molecule has 2 rings (SSSR count). The number of nitrogens with one attached hydrogen (secondary N) is 1. The summed E-state index contributed by atoms with van der Waals surface area (Å²) < 4.78 is 11.3. The summed E-state index contributed by atoms with van der Waals surface area (Å²) >= 11 is 0. The smallest absolute Gasteiger partial charge is 0.166 e. The molecule has 1 N–H and O–H groups in total. The summed E-state index contributed by atoms with van der Waals surface area (Å²) in [5.74, 6) is 1.74. The van der Waals surface area contributed by atoms with Crippen molar-refractivity contribution < 1.29 is 9.47 Å². The molecule has 0 fully saturated rings. The van der Waals surface area contributed by atoms with E-state index in [2.05, 4.69) is 18.3 Å². The van der Waals surface area contributed by atoms with Crippen LogP contribution in [-0.4, -0.2) is 19.8 Å². The Morgan fingerprint density at radius 1 is 1.47 bits per heavy atom. The highest BCUT2D eigenvalue weighted by atomic mass is 16.5. The van der Waals surface area contributed by atoms with Crippen LogP contribution in [0.3, 0.4) is 0 Å². The van der Waals surface area contributed by atoms with E-state index < -0.39 is 0 Å². The van der Waals surface area contributed by atoms with Gasteiger partial charge in [0.05, 0.1) is 12.6 Å². The lowest BCUT2D eigenvalue weighted by Crippen LogP contribution is -2.25. The molecule has 0 saturated heterocycles. The van der Waals surface area contributed by atoms with Gasteiger partial charge in [0.25, 0.3) is 0 Å². The van der Waals surface area contributed by atoms with Gasteiger partial charge >= 0.3 is 0 Å². The molecule has 1 heterocycles. The van der Waals surface area contributed by atoms with E-state index in [1.165, 1.54) is 5.56 Å². The molecule has 1 aliphatic heterocycles. The van der Waals surface area contributed by atoms with E-state index in [-0.39, 0.29) is 12.1 Å². The van der Waals surface area contributed by atoms with Gasteiger partial charge in [-0.05, 0) is 27.0 Å². The van der Waals surface area contributed by atoms with Gasteiger partial charge in [-0.2, -0.15) is 0 Å². The van der Waals surface area contributed by atoms with Crippen molar-refractivity contribution in [1.82, 2.24) is 5.32 Å². The molecule has 1 aromatic carbocycles. The average molecular weight is 207 g/mol. The topological polar surface area (TPSA) is 30.5 Å².